The Morgan fingerprint density at radius 3 is 2.30 bits per heavy atom. The Morgan fingerprint density at radius 2 is 1.80 bits per heavy atom. The van der Waals surface area contributed by atoms with Gasteiger partial charge < -0.3 is 20.7 Å². The second kappa shape index (κ2) is 8.13. The van der Waals surface area contributed by atoms with Crippen LogP contribution >= 0.6 is 0 Å². The number of hydrogen-bond donors (Lipinski definition) is 3. The van der Waals surface area contributed by atoms with Crippen molar-refractivity contribution in [3.63, 3.8) is 0 Å². The maximum atomic E-state index is 11.6. The summed E-state index contributed by atoms with van der Waals surface area (Å²) in [5.74, 6) is -1.58. The van der Waals surface area contributed by atoms with Crippen LogP contribution in [0.4, 0.5) is 0 Å². The van der Waals surface area contributed by atoms with Crippen molar-refractivity contribution in [2.45, 2.75) is 39.3 Å². The molecule has 0 rings (SSSR count). The van der Waals surface area contributed by atoms with Crippen molar-refractivity contribution in [2.24, 2.45) is 0 Å². The quantitative estimate of drug-likeness (QED) is 0.397. The highest BCUT2D eigenvalue weighted by molar-refractivity contribution is 5.90. The molecule has 8 nitrogen and oxygen atoms in total. The predicted molar refractivity (Wildman–Crippen MR) is 70.5 cm³/mol. The van der Waals surface area contributed by atoms with E-state index in [9.17, 15) is 19.2 Å². The lowest BCUT2D eigenvalue weighted by molar-refractivity contribution is -0.154. The first-order chi connectivity index (χ1) is 9.15. The zero-order valence-electron chi connectivity index (χ0n) is 12.1. The molecule has 0 aliphatic carbocycles. The number of carbonyl (C=O) groups excluding carboxylic acids is 4. The van der Waals surface area contributed by atoms with E-state index in [-0.39, 0.29) is 13.1 Å². The van der Waals surface area contributed by atoms with Crippen molar-refractivity contribution < 1.29 is 23.9 Å². The van der Waals surface area contributed by atoms with Crippen LogP contribution in [0.15, 0.2) is 0 Å². The topological polar surface area (TPSA) is 114 Å². The van der Waals surface area contributed by atoms with E-state index in [2.05, 4.69) is 16.0 Å². The molecule has 3 N–H and O–H groups in total. The van der Waals surface area contributed by atoms with Crippen molar-refractivity contribution in [2.75, 3.05) is 13.1 Å². The lowest BCUT2D eigenvalue weighted by Gasteiger charge is -2.20. The average molecular weight is 287 g/mol. The third kappa shape index (κ3) is 8.90. The second-order valence-electron chi connectivity index (χ2n) is 5.09. The maximum absolute atomic E-state index is 11.6. The van der Waals surface area contributed by atoms with Crippen LogP contribution in [0.1, 0.15) is 27.7 Å². The van der Waals surface area contributed by atoms with Crippen LogP contribution < -0.4 is 16.0 Å². The van der Waals surface area contributed by atoms with Crippen LogP contribution in [0, 0.1) is 0 Å². The lowest BCUT2D eigenvalue weighted by atomic mass is 10.2. The van der Waals surface area contributed by atoms with Gasteiger partial charge in [-0.05, 0) is 27.7 Å². The molecule has 8 heteroatoms. The molecule has 0 aliphatic rings. The summed E-state index contributed by atoms with van der Waals surface area (Å²) in [4.78, 5) is 44.2. The molecule has 1 atom stereocenters. The van der Waals surface area contributed by atoms with Gasteiger partial charge in [0.15, 0.2) is 0 Å². The fourth-order valence-electron chi connectivity index (χ4n) is 1.18. The highest BCUT2D eigenvalue weighted by Gasteiger charge is 2.19. The van der Waals surface area contributed by atoms with Gasteiger partial charge in [0.1, 0.15) is 18.2 Å². The normalized spacial score (nSPS) is 12.0. The number of hydrogen-bond acceptors (Lipinski definition) is 5. The van der Waals surface area contributed by atoms with E-state index < -0.39 is 29.4 Å². The van der Waals surface area contributed by atoms with Gasteiger partial charge in [0.05, 0.1) is 6.54 Å². The number of nitrogens with one attached hydrogen (secondary N) is 3. The van der Waals surface area contributed by atoms with Crippen molar-refractivity contribution in [3.8, 4) is 0 Å². The lowest BCUT2D eigenvalue weighted by Crippen LogP contribution is -2.48. The predicted octanol–water partition coefficient (Wildman–Crippen LogP) is -1.30. The fourth-order valence-corrected chi connectivity index (χ4v) is 1.18. The Kier molecular flexibility index (Phi) is 7.27. The van der Waals surface area contributed by atoms with Gasteiger partial charge in [-0.1, -0.05) is 0 Å². The Morgan fingerprint density at radius 1 is 1.20 bits per heavy atom. The standard InChI is InChI=1S/C12H21N3O5/c1-8(15-9(17)5-13-7-16)11(19)14-6-10(18)20-12(2,3)4/h7-8H,5-6H2,1-4H3,(H,13,16)(H,14,19)(H,15,17). The minimum absolute atomic E-state index is 0.215. The molecule has 0 fully saturated rings. The molecule has 0 radical (unpaired) electrons. The van der Waals surface area contributed by atoms with Gasteiger partial charge in [-0.2, -0.15) is 0 Å². The van der Waals surface area contributed by atoms with E-state index in [4.69, 9.17) is 4.74 Å². The van der Waals surface area contributed by atoms with Gasteiger partial charge >= 0.3 is 5.97 Å². The van der Waals surface area contributed by atoms with Crippen molar-refractivity contribution >= 4 is 24.2 Å². The number of ether oxygens (including phenoxy) is 1. The van der Waals surface area contributed by atoms with E-state index in [0.29, 0.717) is 6.41 Å². The van der Waals surface area contributed by atoms with Gasteiger partial charge in [0, 0.05) is 0 Å². The second-order valence-corrected chi connectivity index (χ2v) is 5.09. The van der Waals surface area contributed by atoms with Crippen molar-refractivity contribution in [3.05, 3.63) is 0 Å². The summed E-state index contributed by atoms with van der Waals surface area (Å²) in [5, 5.41) is 6.88. The summed E-state index contributed by atoms with van der Waals surface area (Å²) in [6, 6.07) is -0.821. The fraction of sp³-hybridized carbons (Fsp3) is 0.667. The van der Waals surface area contributed by atoms with E-state index in [1.165, 1.54) is 6.92 Å². The highest BCUT2D eigenvalue weighted by Crippen LogP contribution is 2.06. The van der Waals surface area contributed by atoms with Crippen LogP contribution in [0.2, 0.25) is 0 Å². The van der Waals surface area contributed by atoms with Crippen LogP contribution in [0.5, 0.6) is 0 Å². The van der Waals surface area contributed by atoms with Crippen LogP contribution in [0.3, 0.4) is 0 Å². The smallest absolute Gasteiger partial charge is 0.325 e. The van der Waals surface area contributed by atoms with E-state index >= 15 is 0 Å². The first-order valence-electron chi connectivity index (χ1n) is 6.11. The SMILES string of the molecule is CC(NC(=O)CNC=O)C(=O)NCC(=O)OC(C)(C)C. The van der Waals surface area contributed by atoms with Gasteiger partial charge in [0.25, 0.3) is 0 Å². The Hall–Kier alpha value is -2.12. The summed E-state index contributed by atoms with van der Waals surface area (Å²) in [5.41, 5.74) is -0.623. The first-order valence-corrected chi connectivity index (χ1v) is 6.11. The van der Waals surface area contributed by atoms with Gasteiger partial charge in [-0.3, -0.25) is 19.2 Å². The van der Waals surface area contributed by atoms with E-state index in [1.807, 2.05) is 0 Å². The molecule has 20 heavy (non-hydrogen) atoms. The number of carbonyl (C=O) groups is 4. The number of amides is 3. The summed E-state index contributed by atoms with van der Waals surface area (Å²) in [7, 11) is 0. The molecule has 3 amide bonds. The zero-order chi connectivity index (χ0) is 15.8. The molecule has 0 aromatic heterocycles. The first kappa shape index (κ1) is 17.9. The van der Waals surface area contributed by atoms with Crippen LogP contribution in [0.25, 0.3) is 0 Å². The largest absolute Gasteiger partial charge is 0.459 e. The molecule has 0 bridgehead atoms. The molecular formula is C12H21N3O5. The van der Waals surface area contributed by atoms with Crippen molar-refractivity contribution in [1.82, 2.24) is 16.0 Å². The molecule has 0 aromatic rings. The maximum Gasteiger partial charge on any atom is 0.325 e. The number of rotatable bonds is 7. The highest BCUT2D eigenvalue weighted by atomic mass is 16.6. The molecule has 0 saturated carbocycles. The average Bonchev–Trinajstić information content (AvgIpc) is 2.31. The van der Waals surface area contributed by atoms with Gasteiger partial charge in [0.2, 0.25) is 18.2 Å². The minimum Gasteiger partial charge on any atom is -0.459 e. The summed E-state index contributed by atoms with van der Waals surface area (Å²) >= 11 is 0. The van der Waals surface area contributed by atoms with Crippen molar-refractivity contribution in [1.29, 1.82) is 0 Å². The Bertz CT molecular complexity index is 376. The molecule has 0 aromatic carbocycles. The monoisotopic (exact) mass is 287 g/mol. The van der Waals surface area contributed by atoms with Crippen LogP contribution in [-0.4, -0.2) is 48.9 Å². The zero-order valence-corrected chi connectivity index (χ0v) is 12.1. The van der Waals surface area contributed by atoms with Gasteiger partial charge in [-0.25, -0.2) is 0 Å². The molecule has 0 spiro atoms. The van der Waals surface area contributed by atoms with Gasteiger partial charge in [-0.15, -0.1) is 0 Å². The molecular weight excluding hydrogens is 266 g/mol. The Balaban J connectivity index is 4.05. The molecule has 114 valence electrons. The summed E-state index contributed by atoms with van der Waals surface area (Å²) in [6.45, 7) is 6.13. The minimum atomic E-state index is -0.821. The molecule has 0 heterocycles. The van der Waals surface area contributed by atoms with E-state index in [1.54, 1.807) is 20.8 Å². The van der Waals surface area contributed by atoms with Crippen LogP contribution in [-0.2, 0) is 23.9 Å². The molecule has 1 unspecified atom stereocenters. The Labute approximate surface area is 117 Å². The molecule has 0 saturated heterocycles. The summed E-state index contributed by atoms with van der Waals surface area (Å²) < 4.78 is 5.01. The molecule has 0 aliphatic heterocycles. The van der Waals surface area contributed by atoms with E-state index in [0.717, 1.165) is 0 Å². The third-order valence-electron chi connectivity index (χ3n) is 1.94. The third-order valence-corrected chi connectivity index (χ3v) is 1.94. The number of esters is 1. The summed E-state index contributed by atoms with van der Waals surface area (Å²) in [6.07, 6.45) is 0.382.